The number of carbonyl (C=O) groups excluding carboxylic acids is 3. The lowest BCUT2D eigenvalue weighted by Crippen LogP contribution is -2.45. The Labute approximate surface area is 219 Å². The van der Waals surface area contributed by atoms with Gasteiger partial charge in [-0.1, -0.05) is 29.8 Å². The predicted octanol–water partition coefficient (Wildman–Crippen LogP) is 5.70. The fourth-order valence-electron chi connectivity index (χ4n) is 5.32. The standard InChI is InChI=1S/C28H18ClF3N2O4/c29-15-4-6-17-20(14-34(23(17)12-15)26(36)18-2-1-3-22(31)24(18)32)25(35)33-10-8-28(9-11-33)21-7-5-16(30)13-19(21)27(37)38-28/h1-7,12-14H,8-11H2. The Morgan fingerprint density at radius 3 is 2.45 bits per heavy atom. The van der Waals surface area contributed by atoms with Gasteiger partial charge in [0, 0.05) is 48.1 Å². The highest BCUT2D eigenvalue weighted by molar-refractivity contribution is 6.31. The number of esters is 1. The van der Waals surface area contributed by atoms with Crippen LogP contribution in [-0.4, -0.2) is 40.3 Å². The molecule has 6 rings (SSSR count). The Kier molecular flexibility index (Phi) is 5.57. The van der Waals surface area contributed by atoms with Crippen molar-refractivity contribution in [3.63, 3.8) is 0 Å². The maximum atomic E-state index is 14.4. The number of likely N-dealkylation sites (tertiary alicyclic amines) is 1. The molecule has 0 saturated carbocycles. The summed E-state index contributed by atoms with van der Waals surface area (Å²) in [7, 11) is 0. The highest BCUT2D eigenvalue weighted by atomic mass is 35.5. The monoisotopic (exact) mass is 538 g/mol. The smallest absolute Gasteiger partial charge is 0.339 e. The Balaban J connectivity index is 1.32. The van der Waals surface area contributed by atoms with Gasteiger partial charge in [-0.05, 0) is 36.4 Å². The highest BCUT2D eigenvalue weighted by Gasteiger charge is 2.48. The molecule has 1 aromatic heterocycles. The van der Waals surface area contributed by atoms with Gasteiger partial charge >= 0.3 is 5.97 Å². The van der Waals surface area contributed by atoms with Crippen LogP contribution in [0.25, 0.3) is 10.9 Å². The van der Waals surface area contributed by atoms with E-state index in [2.05, 4.69) is 0 Å². The Bertz CT molecular complexity index is 1670. The lowest BCUT2D eigenvalue weighted by atomic mass is 9.83. The first-order valence-corrected chi connectivity index (χ1v) is 12.2. The van der Waals surface area contributed by atoms with E-state index in [9.17, 15) is 27.6 Å². The number of carbonyl (C=O) groups is 3. The third-order valence-corrected chi connectivity index (χ3v) is 7.47. The number of aromatic nitrogens is 1. The van der Waals surface area contributed by atoms with Crippen molar-refractivity contribution in [2.24, 2.45) is 0 Å². The molecule has 0 radical (unpaired) electrons. The molecule has 3 aromatic carbocycles. The van der Waals surface area contributed by atoms with Crippen LogP contribution in [0.15, 0.2) is 60.8 Å². The van der Waals surface area contributed by atoms with E-state index in [1.54, 1.807) is 23.1 Å². The van der Waals surface area contributed by atoms with Gasteiger partial charge in [-0.2, -0.15) is 0 Å². The second kappa shape index (κ2) is 8.73. The van der Waals surface area contributed by atoms with Crippen molar-refractivity contribution in [2.45, 2.75) is 18.4 Å². The van der Waals surface area contributed by atoms with E-state index in [4.69, 9.17) is 16.3 Å². The molecule has 1 fully saturated rings. The summed E-state index contributed by atoms with van der Waals surface area (Å²) in [6.45, 7) is 0.464. The maximum Gasteiger partial charge on any atom is 0.339 e. The minimum absolute atomic E-state index is 0.184. The van der Waals surface area contributed by atoms with Crippen molar-refractivity contribution in [1.82, 2.24) is 9.47 Å². The lowest BCUT2D eigenvalue weighted by Gasteiger charge is -2.38. The van der Waals surface area contributed by atoms with Crippen molar-refractivity contribution in [3.8, 4) is 0 Å². The molecule has 0 N–H and O–H groups in total. The first-order valence-electron chi connectivity index (χ1n) is 11.8. The largest absolute Gasteiger partial charge is 0.450 e. The zero-order valence-corrected chi connectivity index (χ0v) is 20.4. The van der Waals surface area contributed by atoms with Crippen molar-refractivity contribution in [2.75, 3.05) is 13.1 Å². The molecule has 192 valence electrons. The molecular weight excluding hydrogens is 521 g/mol. The molecule has 6 nitrogen and oxygen atoms in total. The van der Waals surface area contributed by atoms with Crippen molar-refractivity contribution >= 4 is 40.3 Å². The van der Waals surface area contributed by atoms with E-state index in [1.807, 2.05) is 0 Å². The van der Waals surface area contributed by atoms with Gasteiger partial charge in [-0.3, -0.25) is 14.2 Å². The summed E-state index contributed by atoms with van der Waals surface area (Å²) in [6.07, 6.45) is 1.91. The molecule has 0 unspecified atom stereocenters. The SMILES string of the molecule is O=C1OC2(CCN(C(=O)c3cn(C(=O)c4cccc(F)c4F)c4cc(Cl)ccc34)CC2)c2ccc(F)cc21. The van der Waals surface area contributed by atoms with Crippen molar-refractivity contribution < 1.29 is 32.3 Å². The van der Waals surface area contributed by atoms with Gasteiger partial charge in [0.1, 0.15) is 11.4 Å². The number of fused-ring (bicyclic) bond motifs is 3. The van der Waals surface area contributed by atoms with Gasteiger partial charge in [-0.25, -0.2) is 18.0 Å². The van der Waals surface area contributed by atoms with Crippen LogP contribution in [0.2, 0.25) is 5.02 Å². The number of amides is 1. The number of ether oxygens (including phenoxy) is 1. The fraction of sp³-hybridized carbons (Fsp3) is 0.179. The summed E-state index contributed by atoms with van der Waals surface area (Å²) in [5, 5.41) is 0.708. The van der Waals surface area contributed by atoms with Gasteiger partial charge in [0.25, 0.3) is 11.8 Å². The lowest BCUT2D eigenvalue weighted by molar-refractivity contribution is -0.0389. The van der Waals surface area contributed by atoms with Crippen LogP contribution in [0.3, 0.4) is 0 Å². The summed E-state index contributed by atoms with van der Waals surface area (Å²) >= 11 is 6.15. The molecule has 0 atom stereocenters. The Hall–Kier alpha value is -4.11. The summed E-state index contributed by atoms with van der Waals surface area (Å²) < 4.78 is 48.6. The highest BCUT2D eigenvalue weighted by Crippen LogP contribution is 2.44. The number of piperidine rings is 1. The van der Waals surface area contributed by atoms with E-state index in [0.717, 1.165) is 22.8 Å². The van der Waals surface area contributed by atoms with Crippen molar-refractivity contribution in [3.05, 3.63) is 106 Å². The molecule has 10 heteroatoms. The first kappa shape index (κ1) is 24.2. The molecule has 0 aliphatic carbocycles. The van der Waals surface area contributed by atoms with Crippen LogP contribution in [0.4, 0.5) is 13.2 Å². The van der Waals surface area contributed by atoms with Crippen LogP contribution >= 0.6 is 11.6 Å². The third kappa shape index (κ3) is 3.68. The van der Waals surface area contributed by atoms with E-state index in [-0.39, 0.29) is 35.6 Å². The summed E-state index contributed by atoms with van der Waals surface area (Å²) in [6, 6.07) is 11.9. The molecule has 1 amide bonds. The fourth-order valence-corrected chi connectivity index (χ4v) is 5.49. The minimum atomic E-state index is -1.29. The van der Waals surface area contributed by atoms with Crippen LogP contribution in [0.1, 0.15) is 49.5 Å². The predicted molar refractivity (Wildman–Crippen MR) is 132 cm³/mol. The molecule has 2 aliphatic rings. The average Bonchev–Trinajstić information content (AvgIpc) is 3.40. The number of hydrogen-bond donors (Lipinski definition) is 0. The van der Waals surface area contributed by atoms with Gasteiger partial charge in [-0.15, -0.1) is 0 Å². The zero-order valence-electron chi connectivity index (χ0n) is 19.6. The van der Waals surface area contributed by atoms with E-state index in [0.29, 0.717) is 28.8 Å². The van der Waals surface area contributed by atoms with Crippen LogP contribution in [0.5, 0.6) is 0 Å². The second-order valence-electron chi connectivity index (χ2n) is 9.35. The molecule has 38 heavy (non-hydrogen) atoms. The average molecular weight is 539 g/mol. The molecule has 4 aromatic rings. The van der Waals surface area contributed by atoms with Gasteiger partial charge < -0.3 is 9.64 Å². The third-order valence-electron chi connectivity index (χ3n) is 7.24. The molecule has 0 bridgehead atoms. The number of benzene rings is 3. The molecule has 2 aliphatic heterocycles. The Morgan fingerprint density at radius 2 is 1.68 bits per heavy atom. The summed E-state index contributed by atoms with van der Waals surface area (Å²) in [4.78, 5) is 40.8. The maximum absolute atomic E-state index is 14.4. The van der Waals surface area contributed by atoms with Crippen LogP contribution in [0, 0.1) is 17.5 Å². The number of nitrogens with zero attached hydrogens (tertiary/aromatic N) is 2. The van der Waals surface area contributed by atoms with Gasteiger partial charge in [0.15, 0.2) is 11.6 Å². The van der Waals surface area contributed by atoms with Crippen LogP contribution < -0.4 is 0 Å². The number of rotatable bonds is 2. The molecular formula is C28H18ClF3N2O4. The van der Waals surface area contributed by atoms with Crippen LogP contribution in [-0.2, 0) is 10.3 Å². The topological polar surface area (TPSA) is 68.6 Å². The summed E-state index contributed by atoms with van der Waals surface area (Å²) in [5.74, 6) is -4.82. The molecule has 3 heterocycles. The number of halogens is 4. The quantitative estimate of drug-likeness (QED) is 0.307. The van der Waals surface area contributed by atoms with E-state index >= 15 is 0 Å². The zero-order chi connectivity index (χ0) is 26.8. The summed E-state index contributed by atoms with van der Waals surface area (Å²) in [5.41, 5.74) is -0.187. The van der Waals surface area contributed by atoms with E-state index in [1.165, 1.54) is 24.4 Å². The van der Waals surface area contributed by atoms with Gasteiger partial charge in [0.2, 0.25) is 0 Å². The number of hydrogen-bond acceptors (Lipinski definition) is 4. The molecule has 1 spiro atoms. The van der Waals surface area contributed by atoms with Gasteiger partial charge in [0.05, 0.1) is 22.2 Å². The Morgan fingerprint density at radius 1 is 0.921 bits per heavy atom. The minimum Gasteiger partial charge on any atom is -0.450 e. The molecule has 1 saturated heterocycles. The first-order chi connectivity index (χ1) is 18.2. The normalized spacial score (nSPS) is 16.1. The van der Waals surface area contributed by atoms with Crippen molar-refractivity contribution in [1.29, 1.82) is 0 Å². The second-order valence-corrected chi connectivity index (χ2v) is 9.78. The van der Waals surface area contributed by atoms with E-state index < -0.39 is 40.5 Å².